The van der Waals surface area contributed by atoms with Gasteiger partial charge in [0.25, 0.3) is 11.8 Å². The molecule has 3 heterocycles. The number of halogens is 1. The van der Waals surface area contributed by atoms with Crippen LogP contribution in [0, 0.1) is 18.3 Å². The zero-order valence-electron chi connectivity index (χ0n) is 15.2. The second kappa shape index (κ2) is 7.92. The Morgan fingerprint density at radius 1 is 1.48 bits per heavy atom. The fourth-order valence-electron chi connectivity index (χ4n) is 3.21. The molecule has 1 fully saturated rings. The number of thiophene rings is 1. The molecule has 2 aromatic rings. The van der Waals surface area contributed by atoms with E-state index in [0.29, 0.717) is 11.4 Å². The van der Waals surface area contributed by atoms with Gasteiger partial charge in [-0.1, -0.05) is 6.92 Å². The third-order valence-corrected chi connectivity index (χ3v) is 5.88. The number of piperidine rings is 1. The number of rotatable bonds is 4. The normalized spacial score (nSPS) is 19.6. The summed E-state index contributed by atoms with van der Waals surface area (Å²) in [5.41, 5.74) is 1.61. The average molecular weight is 388 g/mol. The number of likely N-dealkylation sites (tertiary alicyclic amines) is 1. The summed E-state index contributed by atoms with van der Waals surface area (Å²) in [7, 11) is 0. The predicted molar refractivity (Wildman–Crippen MR) is 101 cm³/mol. The summed E-state index contributed by atoms with van der Waals surface area (Å²) in [5.74, 6) is -0.612. The minimum absolute atomic E-state index is 0.121. The standard InChI is InChI=1S/C19H21FN4O2S/c1-3-12-8-17(27-11(12)2)19(26)24-7-6-14(20)16(10-24)23-18(25)15-5-4-13(9-21)22-15/h4-5,8,14,16,22H,3,6-7,10H2,1-2H3,(H,23,25)/t14-,16-/m1/s1. The molecule has 0 unspecified atom stereocenters. The molecule has 0 saturated carbocycles. The second-order valence-corrected chi connectivity index (χ2v) is 7.84. The molecule has 6 nitrogen and oxygen atoms in total. The van der Waals surface area contributed by atoms with Gasteiger partial charge in [-0.3, -0.25) is 9.59 Å². The lowest BCUT2D eigenvalue weighted by Gasteiger charge is -2.35. The molecule has 0 spiro atoms. The lowest BCUT2D eigenvalue weighted by atomic mass is 10.0. The molecule has 2 atom stereocenters. The number of hydrogen-bond donors (Lipinski definition) is 2. The Balaban J connectivity index is 1.69. The van der Waals surface area contributed by atoms with E-state index in [1.807, 2.05) is 26.0 Å². The van der Waals surface area contributed by atoms with E-state index in [1.165, 1.54) is 23.5 Å². The quantitative estimate of drug-likeness (QED) is 0.844. The Labute approximate surface area is 161 Å². The molecular formula is C19H21FN4O2S. The molecule has 0 bridgehead atoms. The first kappa shape index (κ1) is 19.1. The highest BCUT2D eigenvalue weighted by Gasteiger charge is 2.33. The van der Waals surface area contributed by atoms with Gasteiger partial charge in [0.1, 0.15) is 23.6 Å². The van der Waals surface area contributed by atoms with Crippen LogP contribution >= 0.6 is 11.3 Å². The SMILES string of the molecule is CCc1cc(C(=O)N2CC[C@@H](F)[C@H](NC(=O)c3ccc(C#N)[nH]3)C2)sc1C. The first-order chi connectivity index (χ1) is 12.9. The first-order valence-electron chi connectivity index (χ1n) is 8.85. The van der Waals surface area contributed by atoms with Crippen LogP contribution in [0.3, 0.4) is 0 Å². The number of aromatic amines is 1. The van der Waals surface area contributed by atoms with Gasteiger partial charge in [-0.25, -0.2) is 4.39 Å². The van der Waals surface area contributed by atoms with E-state index >= 15 is 0 Å². The van der Waals surface area contributed by atoms with Gasteiger partial charge in [0.15, 0.2) is 0 Å². The van der Waals surface area contributed by atoms with Crippen LogP contribution < -0.4 is 5.32 Å². The molecule has 0 radical (unpaired) electrons. The topological polar surface area (TPSA) is 89.0 Å². The summed E-state index contributed by atoms with van der Waals surface area (Å²) in [4.78, 5) is 31.1. The first-order valence-corrected chi connectivity index (χ1v) is 9.67. The number of alkyl halides is 1. The number of nitrogens with one attached hydrogen (secondary N) is 2. The van der Waals surface area contributed by atoms with Crippen LogP contribution in [0.1, 0.15) is 49.6 Å². The Kier molecular flexibility index (Phi) is 5.61. The summed E-state index contributed by atoms with van der Waals surface area (Å²) in [5, 5.41) is 11.5. The minimum Gasteiger partial charge on any atom is -0.343 e. The zero-order valence-corrected chi connectivity index (χ0v) is 16.0. The van der Waals surface area contributed by atoms with Gasteiger partial charge in [0.05, 0.1) is 10.9 Å². The van der Waals surface area contributed by atoms with Crippen LogP contribution in [0.2, 0.25) is 0 Å². The molecule has 1 saturated heterocycles. The molecule has 8 heteroatoms. The van der Waals surface area contributed by atoms with E-state index in [9.17, 15) is 14.0 Å². The van der Waals surface area contributed by atoms with E-state index < -0.39 is 18.1 Å². The van der Waals surface area contributed by atoms with E-state index in [2.05, 4.69) is 10.3 Å². The molecule has 2 amide bonds. The van der Waals surface area contributed by atoms with Gasteiger partial charge in [-0.2, -0.15) is 5.26 Å². The number of aromatic nitrogens is 1. The highest BCUT2D eigenvalue weighted by molar-refractivity contribution is 7.14. The van der Waals surface area contributed by atoms with Crippen LogP contribution in [-0.4, -0.2) is 47.0 Å². The van der Waals surface area contributed by atoms with Crippen LogP contribution in [0.25, 0.3) is 0 Å². The van der Waals surface area contributed by atoms with Crippen molar-refractivity contribution in [2.45, 2.75) is 38.9 Å². The number of H-pyrrole nitrogens is 1. The molecule has 2 aromatic heterocycles. The molecule has 1 aliphatic rings. The van der Waals surface area contributed by atoms with Crippen molar-refractivity contribution in [2.24, 2.45) is 0 Å². The molecule has 2 N–H and O–H groups in total. The number of nitriles is 1. The largest absolute Gasteiger partial charge is 0.343 e. The molecule has 27 heavy (non-hydrogen) atoms. The summed E-state index contributed by atoms with van der Waals surface area (Å²) >= 11 is 1.45. The van der Waals surface area contributed by atoms with E-state index in [1.54, 1.807) is 4.90 Å². The summed E-state index contributed by atoms with van der Waals surface area (Å²) in [6.45, 7) is 4.48. The van der Waals surface area contributed by atoms with Crippen molar-refractivity contribution in [3.8, 4) is 6.07 Å². The number of carbonyl (C=O) groups excluding carboxylic acids is 2. The highest BCUT2D eigenvalue weighted by atomic mass is 32.1. The molecule has 1 aliphatic heterocycles. The van der Waals surface area contributed by atoms with Gasteiger partial charge >= 0.3 is 0 Å². The Hall–Kier alpha value is -2.66. The maximum absolute atomic E-state index is 14.3. The van der Waals surface area contributed by atoms with Crippen LogP contribution in [0.5, 0.6) is 0 Å². The fraction of sp³-hybridized carbons (Fsp3) is 0.421. The summed E-state index contributed by atoms with van der Waals surface area (Å²) < 4.78 is 14.3. The van der Waals surface area contributed by atoms with Crippen molar-refractivity contribution >= 4 is 23.2 Å². The zero-order chi connectivity index (χ0) is 19.6. The second-order valence-electron chi connectivity index (χ2n) is 6.58. The number of nitrogens with zero attached hydrogens (tertiary/aromatic N) is 2. The van der Waals surface area contributed by atoms with Crippen molar-refractivity contribution < 1.29 is 14.0 Å². The molecule has 142 valence electrons. The third kappa shape index (κ3) is 4.03. The maximum atomic E-state index is 14.3. The van der Waals surface area contributed by atoms with E-state index in [-0.39, 0.29) is 30.3 Å². The Bertz CT molecular complexity index is 898. The molecule has 0 aromatic carbocycles. The van der Waals surface area contributed by atoms with Crippen molar-refractivity contribution in [1.29, 1.82) is 5.26 Å². The van der Waals surface area contributed by atoms with Gasteiger partial charge in [0.2, 0.25) is 0 Å². The average Bonchev–Trinajstić information content (AvgIpc) is 3.29. The Morgan fingerprint density at radius 3 is 2.89 bits per heavy atom. The van der Waals surface area contributed by atoms with Crippen molar-refractivity contribution in [2.75, 3.05) is 13.1 Å². The van der Waals surface area contributed by atoms with Gasteiger partial charge in [-0.05, 0) is 43.5 Å². The highest BCUT2D eigenvalue weighted by Crippen LogP contribution is 2.25. The number of hydrogen-bond acceptors (Lipinski definition) is 4. The molecule has 3 rings (SSSR count). The number of carbonyl (C=O) groups is 2. The number of aryl methyl sites for hydroxylation is 2. The van der Waals surface area contributed by atoms with E-state index in [0.717, 1.165) is 16.9 Å². The molecule has 0 aliphatic carbocycles. The van der Waals surface area contributed by atoms with Crippen LogP contribution in [0.15, 0.2) is 18.2 Å². The minimum atomic E-state index is -1.22. The lowest BCUT2D eigenvalue weighted by Crippen LogP contribution is -2.55. The van der Waals surface area contributed by atoms with Gasteiger partial charge < -0.3 is 15.2 Å². The van der Waals surface area contributed by atoms with Crippen molar-refractivity contribution in [3.63, 3.8) is 0 Å². The Morgan fingerprint density at radius 2 is 2.26 bits per heavy atom. The maximum Gasteiger partial charge on any atom is 0.268 e. The summed E-state index contributed by atoms with van der Waals surface area (Å²) in [6, 6.07) is 5.99. The van der Waals surface area contributed by atoms with Crippen LogP contribution in [0.4, 0.5) is 4.39 Å². The van der Waals surface area contributed by atoms with Gasteiger partial charge in [0, 0.05) is 18.0 Å². The number of amides is 2. The third-order valence-electron chi connectivity index (χ3n) is 4.80. The smallest absolute Gasteiger partial charge is 0.268 e. The van der Waals surface area contributed by atoms with Crippen molar-refractivity contribution in [3.05, 3.63) is 44.9 Å². The van der Waals surface area contributed by atoms with Gasteiger partial charge in [-0.15, -0.1) is 11.3 Å². The van der Waals surface area contributed by atoms with Crippen LogP contribution in [-0.2, 0) is 6.42 Å². The summed E-state index contributed by atoms with van der Waals surface area (Å²) in [6.07, 6.45) is -0.183. The lowest BCUT2D eigenvalue weighted by molar-refractivity contribution is 0.0569. The molecular weight excluding hydrogens is 367 g/mol. The monoisotopic (exact) mass is 388 g/mol. The fourth-order valence-corrected chi connectivity index (χ4v) is 4.30. The van der Waals surface area contributed by atoms with Crippen molar-refractivity contribution in [1.82, 2.24) is 15.2 Å². The predicted octanol–water partition coefficient (Wildman–Crippen LogP) is 2.80. The van der Waals surface area contributed by atoms with E-state index in [4.69, 9.17) is 5.26 Å².